The lowest BCUT2D eigenvalue weighted by molar-refractivity contribution is -0.119. The number of likely N-dealkylation sites (N-methyl/N-ethyl adjacent to an activating group) is 1. The van der Waals surface area contributed by atoms with E-state index in [0.717, 1.165) is 19.6 Å². The molecule has 0 aliphatic carbocycles. The second kappa shape index (κ2) is 9.62. The number of urea groups is 1. The Morgan fingerprint density at radius 2 is 1.82 bits per heavy atom. The van der Waals surface area contributed by atoms with Crippen molar-refractivity contribution in [2.24, 2.45) is 5.73 Å². The summed E-state index contributed by atoms with van der Waals surface area (Å²) in [6.07, 6.45) is 0. The molecular weight excluding hydrogens is 284 g/mol. The summed E-state index contributed by atoms with van der Waals surface area (Å²) in [4.78, 5) is 24.6. The van der Waals surface area contributed by atoms with Gasteiger partial charge < -0.3 is 26.0 Å². The van der Waals surface area contributed by atoms with Crippen molar-refractivity contribution in [1.29, 1.82) is 0 Å². The number of nitrogens with two attached hydrogens (primary N) is 1. The normalized spacial score (nSPS) is 10.3. The molecule has 0 aliphatic rings. The molecule has 0 atom stereocenters. The second-order valence-electron chi connectivity index (χ2n) is 4.69. The summed E-state index contributed by atoms with van der Waals surface area (Å²) in [5.74, 6) is -0.0129. The van der Waals surface area contributed by atoms with Gasteiger partial charge in [0.1, 0.15) is 5.75 Å². The van der Waals surface area contributed by atoms with Gasteiger partial charge in [0.25, 0.3) is 5.91 Å². The summed E-state index contributed by atoms with van der Waals surface area (Å²) in [6.45, 7) is 7.35. The van der Waals surface area contributed by atoms with E-state index < -0.39 is 5.91 Å². The smallest absolute Gasteiger partial charge is 0.319 e. The molecule has 3 amide bonds. The molecule has 1 aromatic rings. The van der Waals surface area contributed by atoms with E-state index in [4.69, 9.17) is 10.5 Å². The number of carbonyl (C=O) groups is 2. The molecule has 0 radical (unpaired) electrons. The molecule has 0 heterocycles. The number of anilines is 1. The predicted octanol–water partition coefficient (Wildman–Crippen LogP) is 1.01. The molecule has 0 unspecified atom stereocenters. The van der Waals surface area contributed by atoms with E-state index in [-0.39, 0.29) is 12.6 Å². The molecule has 7 nitrogen and oxygen atoms in total. The molecule has 0 bridgehead atoms. The Hall–Kier alpha value is -2.28. The van der Waals surface area contributed by atoms with Gasteiger partial charge in [-0.15, -0.1) is 0 Å². The van der Waals surface area contributed by atoms with E-state index in [2.05, 4.69) is 29.4 Å². The number of nitrogens with zero attached hydrogens (tertiary/aromatic N) is 1. The van der Waals surface area contributed by atoms with Gasteiger partial charge in [-0.05, 0) is 37.4 Å². The molecule has 0 aromatic heterocycles. The maximum Gasteiger partial charge on any atom is 0.319 e. The Kier molecular flexibility index (Phi) is 7.77. The molecule has 7 heteroatoms. The van der Waals surface area contributed by atoms with Crippen LogP contribution in [0.4, 0.5) is 10.5 Å². The summed E-state index contributed by atoms with van der Waals surface area (Å²) < 4.78 is 5.13. The molecule has 122 valence electrons. The summed E-state index contributed by atoms with van der Waals surface area (Å²) >= 11 is 0. The first-order valence-corrected chi connectivity index (χ1v) is 7.33. The fraction of sp³-hybridized carbons (Fsp3) is 0.467. The van der Waals surface area contributed by atoms with Crippen molar-refractivity contribution in [2.45, 2.75) is 13.8 Å². The van der Waals surface area contributed by atoms with E-state index in [1.165, 1.54) is 0 Å². The van der Waals surface area contributed by atoms with Crippen LogP contribution in [-0.2, 0) is 4.79 Å². The first-order valence-electron chi connectivity index (χ1n) is 7.33. The van der Waals surface area contributed by atoms with E-state index in [1.807, 2.05) is 0 Å². The minimum atomic E-state index is -0.533. The molecule has 4 N–H and O–H groups in total. The van der Waals surface area contributed by atoms with Gasteiger partial charge >= 0.3 is 6.03 Å². The standard InChI is InChI=1S/C15H24N4O3/c1-3-19(4-2)10-9-17-15(21)18-12-5-7-13(8-6-12)22-11-14(16)20/h5-8H,3-4,9-11H2,1-2H3,(H2,16,20)(H2,17,18,21). The van der Waals surface area contributed by atoms with Crippen LogP contribution in [0.1, 0.15) is 13.8 Å². The van der Waals surface area contributed by atoms with Gasteiger partial charge in [0.05, 0.1) is 0 Å². The van der Waals surface area contributed by atoms with E-state index in [0.29, 0.717) is 18.0 Å². The van der Waals surface area contributed by atoms with E-state index >= 15 is 0 Å². The van der Waals surface area contributed by atoms with Crippen LogP contribution in [0, 0.1) is 0 Å². The largest absolute Gasteiger partial charge is 0.484 e. The Bertz CT molecular complexity index is 472. The van der Waals surface area contributed by atoms with Crippen molar-refractivity contribution in [3.05, 3.63) is 24.3 Å². The highest BCUT2D eigenvalue weighted by Crippen LogP contribution is 2.15. The van der Waals surface area contributed by atoms with Gasteiger partial charge in [0, 0.05) is 18.8 Å². The Morgan fingerprint density at radius 3 is 2.36 bits per heavy atom. The zero-order valence-corrected chi connectivity index (χ0v) is 13.1. The average molecular weight is 308 g/mol. The number of benzene rings is 1. The quantitative estimate of drug-likeness (QED) is 0.634. The molecule has 1 rings (SSSR count). The third-order valence-corrected chi connectivity index (χ3v) is 3.10. The predicted molar refractivity (Wildman–Crippen MR) is 85.9 cm³/mol. The maximum atomic E-state index is 11.7. The fourth-order valence-corrected chi connectivity index (χ4v) is 1.83. The van der Waals surface area contributed by atoms with Crippen LogP contribution < -0.4 is 21.1 Å². The number of nitrogens with one attached hydrogen (secondary N) is 2. The highest BCUT2D eigenvalue weighted by atomic mass is 16.5. The monoisotopic (exact) mass is 308 g/mol. The molecular formula is C15H24N4O3. The summed E-state index contributed by atoms with van der Waals surface area (Å²) in [5, 5.41) is 5.53. The number of rotatable bonds is 9. The summed E-state index contributed by atoms with van der Waals surface area (Å²) in [7, 11) is 0. The molecule has 0 saturated carbocycles. The number of hydrogen-bond donors (Lipinski definition) is 3. The van der Waals surface area contributed by atoms with Crippen molar-refractivity contribution in [2.75, 3.05) is 38.1 Å². The second-order valence-corrected chi connectivity index (χ2v) is 4.69. The van der Waals surface area contributed by atoms with Crippen molar-refractivity contribution in [3.8, 4) is 5.75 Å². The lowest BCUT2D eigenvalue weighted by atomic mass is 10.3. The molecule has 0 saturated heterocycles. The van der Waals surface area contributed by atoms with Gasteiger partial charge in [0.2, 0.25) is 0 Å². The van der Waals surface area contributed by atoms with Gasteiger partial charge in [-0.3, -0.25) is 4.79 Å². The van der Waals surface area contributed by atoms with Gasteiger partial charge in [0.15, 0.2) is 6.61 Å². The third kappa shape index (κ3) is 6.94. The van der Waals surface area contributed by atoms with Crippen LogP contribution in [0.3, 0.4) is 0 Å². The van der Waals surface area contributed by atoms with Crippen LogP contribution in [0.25, 0.3) is 0 Å². The maximum absolute atomic E-state index is 11.7. The highest BCUT2D eigenvalue weighted by molar-refractivity contribution is 5.89. The molecule has 0 fully saturated rings. The van der Waals surface area contributed by atoms with Crippen LogP contribution in [0.15, 0.2) is 24.3 Å². The summed E-state index contributed by atoms with van der Waals surface area (Å²) in [5.41, 5.74) is 5.64. The molecule has 0 aliphatic heterocycles. The topological polar surface area (TPSA) is 96.7 Å². The van der Waals surface area contributed by atoms with Gasteiger partial charge in [-0.1, -0.05) is 13.8 Å². The van der Waals surface area contributed by atoms with Crippen LogP contribution in [0.2, 0.25) is 0 Å². The molecule has 0 spiro atoms. The first kappa shape index (κ1) is 17.8. The SMILES string of the molecule is CCN(CC)CCNC(=O)Nc1ccc(OCC(N)=O)cc1. The number of primary amides is 1. The minimum absolute atomic E-state index is 0.168. The van der Waals surface area contributed by atoms with Gasteiger partial charge in [-0.25, -0.2) is 4.79 Å². The minimum Gasteiger partial charge on any atom is -0.484 e. The third-order valence-electron chi connectivity index (χ3n) is 3.10. The zero-order chi connectivity index (χ0) is 16.4. The van der Waals surface area contributed by atoms with Crippen molar-refractivity contribution in [1.82, 2.24) is 10.2 Å². The fourth-order valence-electron chi connectivity index (χ4n) is 1.83. The van der Waals surface area contributed by atoms with Crippen molar-refractivity contribution in [3.63, 3.8) is 0 Å². The van der Waals surface area contributed by atoms with E-state index in [9.17, 15) is 9.59 Å². The van der Waals surface area contributed by atoms with Crippen LogP contribution in [-0.4, -0.2) is 49.6 Å². The number of amides is 3. The van der Waals surface area contributed by atoms with Crippen molar-refractivity contribution < 1.29 is 14.3 Å². The Labute approximate surface area is 130 Å². The van der Waals surface area contributed by atoms with Gasteiger partial charge in [-0.2, -0.15) is 0 Å². The number of ether oxygens (including phenoxy) is 1. The Balaban J connectivity index is 2.33. The first-order chi connectivity index (χ1) is 10.5. The van der Waals surface area contributed by atoms with Crippen LogP contribution in [0.5, 0.6) is 5.75 Å². The molecule has 1 aromatic carbocycles. The molecule has 22 heavy (non-hydrogen) atoms. The van der Waals surface area contributed by atoms with Crippen LogP contribution >= 0.6 is 0 Å². The zero-order valence-electron chi connectivity index (χ0n) is 13.1. The lowest BCUT2D eigenvalue weighted by Gasteiger charge is -2.18. The summed E-state index contributed by atoms with van der Waals surface area (Å²) in [6, 6.07) is 6.46. The highest BCUT2D eigenvalue weighted by Gasteiger charge is 2.04. The van der Waals surface area contributed by atoms with E-state index in [1.54, 1.807) is 24.3 Å². The Morgan fingerprint density at radius 1 is 1.18 bits per heavy atom. The van der Waals surface area contributed by atoms with Crippen molar-refractivity contribution >= 4 is 17.6 Å². The lowest BCUT2D eigenvalue weighted by Crippen LogP contribution is -2.36. The average Bonchev–Trinajstić information content (AvgIpc) is 2.51. The number of carbonyl (C=O) groups excluding carboxylic acids is 2. The number of hydrogen-bond acceptors (Lipinski definition) is 4.